The number of carbonyl (C=O) groups excluding carboxylic acids is 1. The van der Waals surface area contributed by atoms with Crippen molar-refractivity contribution in [2.75, 3.05) is 5.32 Å². The molecule has 0 aliphatic carbocycles. The number of phenols is 3. The SMILES string of the molecule is O=C(Nc1ncc(-c2ccc(C(=O)O)o2)cn1)c1cccc(-c2c(O)cc(O)cc2O)c1. The van der Waals surface area contributed by atoms with Gasteiger partial charge in [0.2, 0.25) is 11.7 Å². The normalized spacial score (nSPS) is 10.6. The van der Waals surface area contributed by atoms with Gasteiger partial charge in [-0.15, -0.1) is 0 Å². The molecule has 10 heteroatoms. The Balaban J connectivity index is 1.53. The molecular formula is C22H15N3O7. The first kappa shape index (κ1) is 20.4. The molecule has 32 heavy (non-hydrogen) atoms. The van der Waals surface area contributed by atoms with Crippen molar-refractivity contribution in [1.29, 1.82) is 0 Å². The summed E-state index contributed by atoms with van der Waals surface area (Å²) in [5.41, 5.74) is 1.06. The van der Waals surface area contributed by atoms with E-state index in [1.54, 1.807) is 12.1 Å². The molecule has 0 unspecified atom stereocenters. The van der Waals surface area contributed by atoms with E-state index < -0.39 is 11.9 Å². The highest BCUT2D eigenvalue weighted by Gasteiger charge is 2.16. The first-order chi connectivity index (χ1) is 15.3. The van der Waals surface area contributed by atoms with Gasteiger partial charge >= 0.3 is 5.97 Å². The number of carboxylic acid groups (broad SMARTS) is 1. The van der Waals surface area contributed by atoms with Crippen LogP contribution in [0, 0.1) is 0 Å². The summed E-state index contributed by atoms with van der Waals surface area (Å²) in [5, 5.41) is 41.0. The molecule has 0 aliphatic heterocycles. The minimum absolute atomic E-state index is 0.00416. The minimum atomic E-state index is -1.20. The highest BCUT2D eigenvalue weighted by Crippen LogP contribution is 2.40. The fourth-order valence-electron chi connectivity index (χ4n) is 3.01. The lowest BCUT2D eigenvalue weighted by molar-refractivity contribution is 0.0663. The number of nitrogens with zero attached hydrogens (tertiary/aromatic N) is 2. The van der Waals surface area contributed by atoms with Gasteiger partial charge in [0, 0.05) is 30.1 Å². The molecule has 4 rings (SSSR count). The predicted octanol–water partition coefficient (Wildman–Crippen LogP) is 3.47. The predicted molar refractivity (Wildman–Crippen MR) is 112 cm³/mol. The monoisotopic (exact) mass is 433 g/mol. The Morgan fingerprint density at radius 1 is 0.875 bits per heavy atom. The molecule has 0 saturated carbocycles. The summed E-state index contributed by atoms with van der Waals surface area (Å²) < 4.78 is 5.18. The van der Waals surface area contributed by atoms with Crippen molar-refractivity contribution in [3.63, 3.8) is 0 Å². The van der Waals surface area contributed by atoms with Gasteiger partial charge in [-0.3, -0.25) is 10.1 Å². The standard InChI is InChI=1S/C22H15N3O7/c26-14-7-15(27)19(16(28)8-14)11-2-1-3-12(6-11)20(29)25-22-23-9-13(10-24-22)17-4-5-18(32-17)21(30)31/h1-10,26-28H,(H,30,31)(H,23,24,25,29). The Morgan fingerprint density at radius 2 is 1.56 bits per heavy atom. The van der Waals surface area contributed by atoms with E-state index in [9.17, 15) is 24.9 Å². The molecule has 2 aromatic carbocycles. The molecule has 0 atom stereocenters. The molecule has 0 radical (unpaired) electrons. The van der Waals surface area contributed by atoms with Crippen LogP contribution in [0.3, 0.4) is 0 Å². The summed E-state index contributed by atoms with van der Waals surface area (Å²) in [4.78, 5) is 31.6. The van der Waals surface area contributed by atoms with E-state index in [-0.39, 0.29) is 45.8 Å². The quantitative estimate of drug-likeness (QED) is 0.317. The molecule has 0 saturated heterocycles. The van der Waals surface area contributed by atoms with Crippen LogP contribution in [0.4, 0.5) is 5.95 Å². The fourth-order valence-corrected chi connectivity index (χ4v) is 3.01. The van der Waals surface area contributed by atoms with Gasteiger partial charge in [-0.1, -0.05) is 12.1 Å². The topological polar surface area (TPSA) is 166 Å². The fraction of sp³-hybridized carbons (Fsp3) is 0. The molecule has 0 aliphatic rings. The van der Waals surface area contributed by atoms with Gasteiger partial charge in [-0.2, -0.15) is 0 Å². The number of rotatable bonds is 5. The van der Waals surface area contributed by atoms with Crippen LogP contribution < -0.4 is 5.32 Å². The maximum absolute atomic E-state index is 12.6. The molecule has 2 heterocycles. The lowest BCUT2D eigenvalue weighted by Gasteiger charge is -2.10. The van der Waals surface area contributed by atoms with Crippen molar-refractivity contribution in [2.45, 2.75) is 0 Å². The van der Waals surface area contributed by atoms with Crippen LogP contribution in [0.15, 0.2) is 65.3 Å². The number of benzene rings is 2. The van der Waals surface area contributed by atoms with Crippen molar-refractivity contribution < 1.29 is 34.4 Å². The van der Waals surface area contributed by atoms with E-state index in [2.05, 4.69) is 15.3 Å². The second kappa shape index (κ2) is 8.11. The first-order valence-corrected chi connectivity index (χ1v) is 9.14. The summed E-state index contributed by atoms with van der Waals surface area (Å²) in [7, 11) is 0. The zero-order valence-electron chi connectivity index (χ0n) is 16.2. The van der Waals surface area contributed by atoms with E-state index in [1.807, 2.05) is 0 Å². The maximum Gasteiger partial charge on any atom is 0.371 e. The molecule has 2 aromatic heterocycles. The number of phenolic OH excluding ortho intramolecular Hbond substituents is 3. The van der Waals surface area contributed by atoms with E-state index >= 15 is 0 Å². The van der Waals surface area contributed by atoms with Crippen LogP contribution >= 0.6 is 0 Å². The number of aromatic hydroxyl groups is 3. The molecule has 0 fully saturated rings. The van der Waals surface area contributed by atoms with Crippen LogP contribution in [0.1, 0.15) is 20.9 Å². The number of aromatic carboxylic acids is 1. The number of hydrogen-bond acceptors (Lipinski definition) is 8. The van der Waals surface area contributed by atoms with Gasteiger partial charge in [0.1, 0.15) is 23.0 Å². The zero-order valence-corrected chi connectivity index (χ0v) is 16.2. The average Bonchev–Trinajstić information content (AvgIpc) is 3.24. The number of hydrogen-bond donors (Lipinski definition) is 5. The number of furan rings is 1. The minimum Gasteiger partial charge on any atom is -0.508 e. The van der Waals surface area contributed by atoms with Crippen molar-refractivity contribution in [3.8, 4) is 39.7 Å². The van der Waals surface area contributed by atoms with Gasteiger partial charge < -0.3 is 24.8 Å². The molecule has 4 aromatic rings. The Kier molecular flexibility index (Phi) is 5.17. The van der Waals surface area contributed by atoms with Gasteiger partial charge in [-0.05, 0) is 29.8 Å². The first-order valence-electron chi connectivity index (χ1n) is 9.14. The summed E-state index contributed by atoms with van der Waals surface area (Å²) in [6.07, 6.45) is 2.74. The van der Waals surface area contributed by atoms with Crippen LogP contribution in [0.2, 0.25) is 0 Å². The average molecular weight is 433 g/mol. The summed E-state index contributed by atoms with van der Waals surface area (Å²) in [6.45, 7) is 0. The Labute approximate surface area is 180 Å². The van der Waals surface area contributed by atoms with Gasteiger partial charge in [0.25, 0.3) is 5.91 Å². The number of nitrogens with one attached hydrogen (secondary N) is 1. The third kappa shape index (κ3) is 4.05. The third-order valence-electron chi connectivity index (χ3n) is 4.47. The van der Waals surface area contributed by atoms with E-state index in [4.69, 9.17) is 9.52 Å². The van der Waals surface area contributed by atoms with Crippen LogP contribution in [0.5, 0.6) is 17.2 Å². The van der Waals surface area contributed by atoms with Gasteiger partial charge in [0.15, 0.2) is 0 Å². The van der Waals surface area contributed by atoms with Crippen molar-refractivity contribution in [3.05, 3.63) is 72.2 Å². The lowest BCUT2D eigenvalue weighted by atomic mass is 10.0. The smallest absolute Gasteiger partial charge is 0.371 e. The number of carboxylic acids is 1. The third-order valence-corrected chi connectivity index (χ3v) is 4.47. The summed E-state index contributed by atoms with van der Waals surface area (Å²) in [6, 6.07) is 11.1. The maximum atomic E-state index is 12.6. The van der Waals surface area contributed by atoms with Crippen molar-refractivity contribution >= 4 is 17.8 Å². The summed E-state index contributed by atoms with van der Waals surface area (Å²) in [5.74, 6) is -2.67. The number of aromatic nitrogens is 2. The molecular weight excluding hydrogens is 418 g/mol. The second-order valence-corrected chi connectivity index (χ2v) is 6.66. The summed E-state index contributed by atoms with van der Waals surface area (Å²) >= 11 is 0. The van der Waals surface area contributed by atoms with Crippen LogP contribution in [0.25, 0.3) is 22.5 Å². The van der Waals surface area contributed by atoms with E-state index in [0.29, 0.717) is 11.1 Å². The second-order valence-electron chi connectivity index (χ2n) is 6.66. The van der Waals surface area contributed by atoms with Crippen molar-refractivity contribution in [2.24, 2.45) is 0 Å². The molecule has 160 valence electrons. The zero-order chi connectivity index (χ0) is 22.8. The van der Waals surface area contributed by atoms with Crippen LogP contribution in [-0.4, -0.2) is 42.3 Å². The number of amides is 1. The van der Waals surface area contributed by atoms with E-state index in [1.165, 1.54) is 36.7 Å². The Hall–Kier alpha value is -4.86. The Morgan fingerprint density at radius 3 is 2.19 bits per heavy atom. The largest absolute Gasteiger partial charge is 0.508 e. The molecule has 0 bridgehead atoms. The molecule has 5 N–H and O–H groups in total. The van der Waals surface area contributed by atoms with Crippen LogP contribution in [-0.2, 0) is 0 Å². The highest BCUT2D eigenvalue weighted by atomic mass is 16.4. The number of anilines is 1. The Bertz CT molecular complexity index is 1310. The lowest BCUT2D eigenvalue weighted by Crippen LogP contribution is -2.14. The van der Waals surface area contributed by atoms with Gasteiger partial charge in [0.05, 0.1) is 11.1 Å². The molecule has 0 spiro atoms. The van der Waals surface area contributed by atoms with E-state index in [0.717, 1.165) is 12.1 Å². The van der Waals surface area contributed by atoms with Gasteiger partial charge in [-0.25, -0.2) is 14.8 Å². The number of carbonyl (C=O) groups is 2. The molecule has 10 nitrogen and oxygen atoms in total. The molecule has 1 amide bonds. The van der Waals surface area contributed by atoms with Crippen molar-refractivity contribution in [1.82, 2.24) is 9.97 Å². The highest BCUT2D eigenvalue weighted by molar-refractivity contribution is 6.04.